The van der Waals surface area contributed by atoms with Crippen LogP contribution < -0.4 is 10.6 Å². The Hall–Kier alpha value is -0.130. The van der Waals surface area contributed by atoms with Gasteiger partial charge in [-0.2, -0.15) is 0 Å². The summed E-state index contributed by atoms with van der Waals surface area (Å²) in [6, 6.07) is 0. The average molecular weight is 502 g/mol. The lowest BCUT2D eigenvalue weighted by molar-refractivity contribution is -0.0352. The van der Waals surface area contributed by atoms with Crippen LogP contribution in [0, 0.1) is 0 Å². The molecular weight excluding hydrogens is 467 g/mol. The summed E-state index contributed by atoms with van der Waals surface area (Å²) < 4.78 is 27.9. The van der Waals surface area contributed by atoms with Gasteiger partial charge in [-0.15, -0.1) is 24.0 Å². The van der Waals surface area contributed by atoms with Gasteiger partial charge in [-0.05, 0) is 19.3 Å². The molecule has 2 fully saturated rings. The van der Waals surface area contributed by atoms with E-state index in [0.29, 0.717) is 13.0 Å². The molecule has 1 saturated carbocycles. The highest BCUT2D eigenvalue weighted by Crippen LogP contribution is 2.33. The minimum atomic E-state index is -2.90. The van der Waals surface area contributed by atoms with Crippen LogP contribution in [0.3, 0.4) is 0 Å². The van der Waals surface area contributed by atoms with Crippen LogP contribution in [0.2, 0.25) is 0 Å². The van der Waals surface area contributed by atoms with Gasteiger partial charge < -0.3 is 15.4 Å². The van der Waals surface area contributed by atoms with Crippen LogP contribution in [-0.4, -0.2) is 83.3 Å². The van der Waals surface area contributed by atoms with Crippen LogP contribution >= 0.6 is 24.0 Å². The monoisotopic (exact) mass is 502 g/mol. The Bertz CT molecular complexity index is 530. The molecule has 9 heteroatoms. The van der Waals surface area contributed by atoms with Gasteiger partial charge in [-0.3, -0.25) is 9.89 Å². The van der Waals surface area contributed by atoms with Crippen molar-refractivity contribution >= 4 is 39.8 Å². The van der Waals surface area contributed by atoms with Crippen LogP contribution in [0.25, 0.3) is 0 Å². The molecule has 2 aliphatic rings. The fourth-order valence-corrected chi connectivity index (χ4v) is 4.53. The van der Waals surface area contributed by atoms with Crippen molar-refractivity contribution in [1.82, 2.24) is 15.5 Å². The van der Waals surface area contributed by atoms with E-state index in [9.17, 15) is 8.42 Å². The molecule has 0 aromatic rings. The average Bonchev–Trinajstić information content (AvgIpc) is 2.62. The Morgan fingerprint density at radius 3 is 2.38 bits per heavy atom. The standard InChI is InChI=1S/C17H34N4O3S.HI/c1-18-16(19-9-6-14-25(2,22)23)20-15-17(7-4-3-5-8-17)21-10-12-24-13-11-21;/h3-15H2,1-2H3,(H2,18,19,20);1H. The third-order valence-electron chi connectivity index (χ3n) is 5.26. The largest absolute Gasteiger partial charge is 0.379 e. The molecule has 1 aliphatic heterocycles. The van der Waals surface area contributed by atoms with E-state index in [1.807, 2.05) is 0 Å². The van der Waals surface area contributed by atoms with Gasteiger partial charge in [0.15, 0.2) is 5.96 Å². The van der Waals surface area contributed by atoms with Crippen molar-refractivity contribution < 1.29 is 13.2 Å². The molecule has 26 heavy (non-hydrogen) atoms. The van der Waals surface area contributed by atoms with E-state index in [0.717, 1.165) is 38.8 Å². The molecule has 0 unspecified atom stereocenters. The van der Waals surface area contributed by atoms with Gasteiger partial charge in [-0.1, -0.05) is 19.3 Å². The van der Waals surface area contributed by atoms with Crippen molar-refractivity contribution in [2.75, 3.05) is 58.4 Å². The van der Waals surface area contributed by atoms with Gasteiger partial charge in [0, 0.05) is 45.0 Å². The highest BCUT2D eigenvalue weighted by Gasteiger charge is 2.38. The normalized spacial score (nSPS) is 21.7. The predicted molar refractivity (Wildman–Crippen MR) is 117 cm³/mol. The topological polar surface area (TPSA) is 83.0 Å². The predicted octanol–water partition coefficient (Wildman–Crippen LogP) is 1.24. The van der Waals surface area contributed by atoms with Crippen LogP contribution in [0.1, 0.15) is 38.5 Å². The van der Waals surface area contributed by atoms with E-state index in [2.05, 4.69) is 20.5 Å². The Kier molecular flexibility index (Phi) is 10.7. The van der Waals surface area contributed by atoms with Gasteiger partial charge >= 0.3 is 0 Å². The highest BCUT2D eigenvalue weighted by molar-refractivity contribution is 14.0. The molecule has 0 bridgehead atoms. The molecule has 0 aromatic carbocycles. The van der Waals surface area contributed by atoms with Gasteiger partial charge in [0.25, 0.3) is 0 Å². The molecule has 154 valence electrons. The Balaban J connectivity index is 0.00000338. The summed E-state index contributed by atoms with van der Waals surface area (Å²) in [5, 5.41) is 6.71. The van der Waals surface area contributed by atoms with E-state index in [1.165, 1.54) is 38.4 Å². The van der Waals surface area contributed by atoms with Crippen molar-refractivity contribution in [2.45, 2.75) is 44.1 Å². The second kappa shape index (κ2) is 11.7. The molecule has 1 heterocycles. The van der Waals surface area contributed by atoms with Crippen LogP contribution in [-0.2, 0) is 14.6 Å². The number of nitrogens with one attached hydrogen (secondary N) is 2. The molecule has 0 amide bonds. The fraction of sp³-hybridized carbons (Fsp3) is 0.941. The van der Waals surface area contributed by atoms with Crippen LogP contribution in [0.5, 0.6) is 0 Å². The van der Waals surface area contributed by atoms with E-state index < -0.39 is 9.84 Å². The fourth-order valence-electron chi connectivity index (χ4n) is 3.86. The molecule has 2 rings (SSSR count). The number of halogens is 1. The third kappa shape index (κ3) is 7.85. The summed E-state index contributed by atoms with van der Waals surface area (Å²) in [5.74, 6) is 0.959. The first-order valence-electron chi connectivity index (χ1n) is 9.40. The number of hydrogen-bond acceptors (Lipinski definition) is 5. The van der Waals surface area contributed by atoms with E-state index >= 15 is 0 Å². The minimum absolute atomic E-state index is 0. The maximum absolute atomic E-state index is 11.2. The second-order valence-corrected chi connectivity index (χ2v) is 9.48. The maximum Gasteiger partial charge on any atom is 0.191 e. The number of guanidine groups is 1. The first-order chi connectivity index (χ1) is 12.0. The Labute approximate surface area is 175 Å². The van der Waals surface area contributed by atoms with Crippen molar-refractivity contribution in [3.05, 3.63) is 0 Å². The molecular formula is C17H35IN4O3S. The summed E-state index contributed by atoms with van der Waals surface area (Å²) in [6.07, 6.45) is 8.17. The van der Waals surface area contributed by atoms with Gasteiger partial charge in [-0.25, -0.2) is 8.42 Å². The number of nitrogens with zero attached hydrogens (tertiary/aromatic N) is 2. The zero-order valence-electron chi connectivity index (χ0n) is 16.1. The quantitative estimate of drug-likeness (QED) is 0.236. The number of morpholine rings is 1. The molecule has 0 atom stereocenters. The van der Waals surface area contributed by atoms with Crippen LogP contribution in [0.4, 0.5) is 0 Å². The summed E-state index contributed by atoms with van der Waals surface area (Å²) in [4.78, 5) is 6.88. The van der Waals surface area contributed by atoms with E-state index in [4.69, 9.17) is 4.74 Å². The molecule has 0 radical (unpaired) electrons. The van der Waals surface area contributed by atoms with Crippen LogP contribution in [0.15, 0.2) is 4.99 Å². The molecule has 7 nitrogen and oxygen atoms in total. The summed E-state index contributed by atoms with van der Waals surface area (Å²) in [5.41, 5.74) is 0.187. The molecule has 0 aromatic heterocycles. The lowest BCUT2D eigenvalue weighted by Gasteiger charge is -2.48. The maximum atomic E-state index is 11.2. The number of hydrogen-bond donors (Lipinski definition) is 2. The SMILES string of the molecule is CN=C(NCCCS(C)(=O)=O)NCC1(N2CCOCC2)CCCCC1.I. The number of sulfone groups is 1. The van der Waals surface area contributed by atoms with Gasteiger partial charge in [0.1, 0.15) is 9.84 Å². The molecule has 2 N–H and O–H groups in total. The van der Waals surface area contributed by atoms with Crippen molar-refractivity contribution in [3.8, 4) is 0 Å². The molecule has 1 saturated heterocycles. The lowest BCUT2D eigenvalue weighted by Crippen LogP contribution is -2.60. The first-order valence-corrected chi connectivity index (χ1v) is 11.5. The van der Waals surface area contributed by atoms with Crippen molar-refractivity contribution in [3.63, 3.8) is 0 Å². The Morgan fingerprint density at radius 2 is 1.81 bits per heavy atom. The number of aliphatic imine (C=N–C) groups is 1. The molecule has 0 spiro atoms. The zero-order chi connectivity index (χ0) is 18.2. The number of ether oxygens (including phenoxy) is 1. The number of rotatable bonds is 7. The van der Waals surface area contributed by atoms with Crippen molar-refractivity contribution in [1.29, 1.82) is 0 Å². The van der Waals surface area contributed by atoms with E-state index in [1.54, 1.807) is 7.05 Å². The first kappa shape index (κ1) is 23.9. The third-order valence-corrected chi connectivity index (χ3v) is 6.29. The van der Waals surface area contributed by atoms with Gasteiger partial charge in [0.05, 0.1) is 19.0 Å². The van der Waals surface area contributed by atoms with Crippen molar-refractivity contribution in [2.24, 2.45) is 4.99 Å². The smallest absolute Gasteiger partial charge is 0.191 e. The second-order valence-electron chi connectivity index (χ2n) is 7.22. The lowest BCUT2D eigenvalue weighted by atomic mass is 9.80. The van der Waals surface area contributed by atoms with Gasteiger partial charge in [0.2, 0.25) is 0 Å². The Morgan fingerprint density at radius 1 is 1.15 bits per heavy atom. The summed E-state index contributed by atoms with van der Waals surface area (Å²) in [7, 11) is -1.14. The van der Waals surface area contributed by atoms with E-state index in [-0.39, 0.29) is 35.3 Å². The zero-order valence-corrected chi connectivity index (χ0v) is 19.3. The summed E-state index contributed by atoms with van der Waals surface area (Å²) in [6.45, 7) is 5.13. The molecule has 1 aliphatic carbocycles. The summed E-state index contributed by atoms with van der Waals surface area (Å²) >= 11 is 0. The minimum Gasteiger partial charge on any atom is -0.379 e. The highest BCUT2D eigenvalue weighted by atomic mass is 127.